The molecule has 1 saturated carbocycles. The van der Waals surface area contributed by atoms with Crippen LogP contribution in [-0.4, -0.2) is 61.3 Å². The largest absolute Gasteiger partial charge is 0.377 e. The maximum absolute atomic E-state index is 5.91. The lowest BCUT2D eigenvalue weighted by Gasteiger charge is -2.55. The van der Waals surface area contributed by atoms with Crippen molar-refractivity contribution in [1.29, 1.82) is 0 Å². The number of guanidine groups is 1. The van der Waals surface area contributed by atoms with Crippen molar-refractivity contribution in [3.8, 4) is 0 Å². The fourth-order valence-corrected chi connectivity index (χ4v) is 5.86. The van der Waals surface area contributed by atoms with Gasteiger partial charge in [0.15, 0.2) is 5.96 Å². The number of hydrogen-bond donors (Lipinski definition) is 2. The first-order valence-corrected chi connectivity index (χ1v) is 11.6. The number of thiazole rings is 1. The van der Waals surface area contributed by atoms with E-state index in [1.54, 1.807) is 11.3 Å². The van der Waals surface area contributed by atoms with Crippen molar-refractivity contribution < 1.29 is 4.74 Å². The van der Waals surface area contributed by atoms with E-state index in [2.05, 4.69) is 51.7 Å². The van der Waals surface area contributed by atoms with E-state index in [9.17, 15) is 0 Å². The predicted molar refractivity (Wildman–Crippen MR) is 115 cm³/mol. The molecule has 3 fully saturated rings. The van der Waals surface area contributed by atoms with Crippen molar-refractivity contribution in [2.75, 3.05) is 33.3 Å². The molecule has 1 aromatic rings. The van der Waals surface area contributed by atoms with Gasteiger partial charge in [0.2, 0.25) is 0 Å². The van der Waals surface area contributed by atoms with Crippen LogP contribution in [0.3, 0.4) is 0 Å². The molecule has 1 aliphatic carbocycles. The Morgan fingerprint density at radius 3 is 2.82 bits per heavy atom. The van der Waals surface area contributed by atoms with Crippen molar-refractivity contribution in [2.24, 2.45) is 22.2 Å². The summed E-state index contributed by atoms with van der Waals surface area (Å²) in [5.74, 6) is 2.29. The van der Waals surface area contributed by atoms with E-state index in [0.29, 0.717) is 24.0 Å². The van der Waals surface area contributed by atoms with Gasteiger partial charge in [0.25, 0.3) is 0 Å². The molecule has 0 aromatic carbocycles. The first kappa shape index (κ1) is 20.1. The summed E-state index contributed by atoms with van der Waals surface area (Å²) in [7, 11) is 1.88. The van der Waals surface area contributed by atoms with E-state index in [1.807, 2.05) is 7.05 Å². The van der Waals surface area contributed by atoms with Crippen LogP contribution in [0.4, 0.5) is 0 Å². The molecule has 0 radical (unpaired) electrons. The van der Waals surface area contributed by atoms with E-state index in [0.717, 1.165) is 43.8 Å². The third-order valence-electron chi connectivity index (χ3n) is 6.93. The minimum absolute atomic E-state index is 0.179. The second kappa shape index (κ2) is 8.28. The molecule has 3 heterocycles. The fraction of sp³-hybridized carbons (Fsp3) is 0.810. The summed E-state index contributed by atoms with van der Waals surface area (Å²) in [6, 6.07) is 0.453. The number of piperidine rings is 1. The SMILES string of the molecule is CN=C(NCC1CCN(Cc2csc(C)n2)CC1)NC1C2CCOC2C1(C)C. The Hall–Kier alpha value is -1.18. The van der Waals surface area contributed by atoms with Gasteiger partial charge in [-0.15, -0.1) is 11.3 Å². The zero-order chi connectivity index (χ0) is 19.7. The maximum atomic E-state index is 5.91. The number of aryl methyl sites for hydroxylation is 1. The molecule has 2 N–H and O–H groups in total. The van der Waals surface area contributed by atoms with Gasteiger partial charge in [-0.05, 0) is 45.2 Å². The Bertz CT molecular complexity index is 695. The molecule has 156 valence electrons. The average molecular weight is 406 g/mol. The lowest BCUT2D eigenvalue weighted by Crippen LogP contribution is -2.68. The van der Waals surface area contributed by atoms with Gasteiger partial charge < -0.3 is 15.4 Å². The van der Waals surface area contributed by atoms with Crippen molar-refractivity contribution in [1.82, 2.24) is 20.5 Å². The van der Waals surface area contributed by atoms with Crippen LogP contribution in [0.1, 0.15) is 43.8 Å². The van der Waals surface area contributed by atoms with Crippen LogP contribution in [0.5, 0.6) is 0 Å². The number of ether oxygens (including phenoxy) is 1. The summed E-state index contributed by atoms with van der Waals surface area (Å²) >= 11 is 1.75. The normalized spacial score (nSPS) is 30.7. The molecule has 0 spiro atoms. The van der Waals surface area contributed by atoms with Gasteiger partial charge in [-0.3, -0.25) is 9.89 Å². The molecular weight excluding hydrogens is 370 g/mol. The second-order valence-electron chi connectivity index (χ2n) is 9.22. The molecule has 3 aliphatic rings. The van der Waals surface area contributed by atoms with E-state index in [4.69, 9.17) is 4.74 Å². The molecule has 3 atom stereocenters. The van der Waals surface area contributed by atoms with Crippen molar-refractivity contribution in [3.63, 3.8) is 0 Å². The monoisotopic (exact) mass is 405 g/mol. The highest BCUT2D eigenvalue weighted by atomic mass is 32.1. The molecule has 6 nitrogen and oxygen atoms in total. The third-order valence-corrected chi connectivity index (χ3v) is 7.76. The summed E-state index contributed by atoms with van der Waals surface area (Å²) in [6.07, 6.45) is 4.05. The first-order valence-electron chi connectivity index (χ1n) is 10.7. The van der Waals surface area contributed by atoms with Crippen LogP contribution < -0.4 is 10.6 Å². The standard InChI is InChI=1S/C21H35N5OS/c1-14-24-16(13-28-14)12-26-8-5-15(6-9-26)11-23-20(22-4)25-18-17-7-10-27-19(17)21(18,2)3/h13,15,17-19H,5-12H2,1-4H3,(H2,22,23,25). The Morgan fingerprint density at radius 1 is 1.36 bits per heavy atom. The Kier molecular flexibility index (Phi) is 5.95. The van der Waals surface area contributed by atoms with Gasteiger partial charge in [0, 0.05) is 49.5 Å². The smallest absolute Gasteiger partial charge is 0.191 e. The number of rotatable bonds is 5. The third kappa shape index (κ3) is 4.07. The number of fused-ring (bicyclic) bond motifs is 1. The molecule has 3 unspecified atom stereocenters. The zero-order valence-corrected chi connectivity index (χ0v) is 18.5. The summed E-state index contributed by atoms with van der Waals surface area (Å²) in [6.45, 7) is 11.9. The highest BCUT2D eigenvalue weighted by Gasteiger charge is 2.59. The number of likely N-dealkylation sites (tertiary alicyclic amines) is 1. The van der Waals surface area contributed by atoms with Crippen molar-refractivity contribution >= 4 is 17.3 Å². The highest BCUT2D eigenvalue weighted by molar-refractivity contribution is 7.09. The molecule has 2 saturated heterocycles. The van der Waals surface area contributed by atoms with Gasteiger partial charge in [0.1, 0.15) is 0 Å². The minimum Gasteiger partial charge on any atom is -0.377 e. The number of aromatic nitrogens is 1. The Balaban J connectivity index is 1.20. The van der Waals surface area contributed by atoms with Crippen LogP contribution in [0, 0.1) is 24.2 Å². The topological polar surface area (TPSA) is 61.8 Å². The average Bonchev–Trinajstić information content (AvgIpc) is 3.31. The lowest BCUT2D eigenvalue weighted by atomic mass is 9.57. The summed E-state index contributed by atoms with van der Waals surface area (Å²) in [5, 5.41) is 10.6. The van der Waals surface area contributed by atoms with Crippen LogP contribution >= 0.6 is 11.3 Å². The Labute approximate surface area is 173 Å². The number of aliphatic imine (C=N–C) groups is 1. The van der Waals surface area contributed by atoms with E-state index < -0.39 is 0 Å². The molecule has 28 heavy (non-hydrogen) atoms. The number of nitrogens with one attached hydrogen (secondary N) is 2. The summed E-state index contributed by atoms with van der Waals surface area (Å²) in [5.41, 5.74) is 1.40. The summed E-state index contributed by atoms with van der Waals surface area (Å²) < 4.78 is 5.91. The second-order valence-corrected chi connectivity index (χ2v) is 10.3. The summed E-state index contributed by atoms with van der Waals surface area (Å²) in [4.78, 5) is 11.6. The van der Waals surface area contributed by atoms with E-state index >= 15 is 0 Å². The van der Waals surface area contributed by atoms with Crippen LogP contribution in [0.15, 0.2) is 10.4 Å². The highest BCUT2D eigenvalue weighted by Crippen LogP contribution is 2.52. The predicted octanol–water partition coefficient (Wildman–Crippen LogP) is 2.64. The number of nitrogens with zero attached hydrogens (tertiary/aromatic N) is 3. The first-order chi connectivity index (χ1) is 13.5. The molecule has 1 aromatic heterocycles. The van der Waals surface area contributed by atoms with Gasteiger partial charge in [-0.2, -0.15) is 0 Å². The zero-order valence-electron chi connectivity index (χ0n) is 17.7. The lowest BCUT2D eigenvalue weighted by molar-refractivity contribution is -0.106. The quantitative estimate of drug-likeness (QED) is 0.583. The number of hydrogen-bond acceptors (Lipinski definition) is 5. The van der Waals surface area contributed by atoms with Crippen molar-refractivity contribution in [3.05, 3.63) is 16.1 Å². The minimum atomic E-state index is 0.179. The van der Waals surface area contributed by atoms with Crippen molar-refractivity contribution in [2.45, 2.75) is 58.7 Å². The van der Waals surface area contributed by atoms with Gasteiger partial charge in [-0.25, -0.2) is 4.98 Å². The van der Waals surface area contributed by atoms with E-state index in [1.165, 1.54) is 25.0 Å². The molecule has 0 bridgehead atoms. The molecule has 2 aliphatic heterocycles. The molecule has 0 amide bonds. The molecule has 7 heteroatoms. The molecular formula is C21H35N5OS. The van der Waals surface area contributed by atoms with Gasteiger partial charge in [0.05, 0.1) is 16.8 Å². The van der Waals surface area contributed by atoms with Crippen LogP contribution in [0.25, 0.3) is 0 Å². The Morgan fingerprint density at radius 2 is 2.14 bits per heavy atom. The van der Waals surface area contributed by atoms with Gasteiger partial charge >= 0.3 is 0 Å². The van der Waals surface area contributed by atoms with Crippen LogP contribution in [-0.2, 0) is 11.3 Å². The molecule has 4 rings (SSSR count). The maximum Gasteiger partial charge on any atom is 0.191 e. The van der Waals surface area contributed by atoms with Gasteiger partial charge in [-0.1, -0.05) is 13.8 Å². The van der Waals surface area contributed by atoms with E-state index in [-0.39, 0.29) is 5.41 Å². The fourth-order valence-electron chi connectivity index (χ4n) is 5.26. The van der Waals surface area contributed by atoms with Crippen LogP contribution in [0.2, 0.25) is 0 Å².